The second-order valence-corrected chi connectivity index (χ2v) is 30.3. The molecule has 0 saturated heterocycles. The van der Waals surface area contributed by atoms with E-state index >= 15 is 0 Å². The van der Waals surface area contributed by atoms with Crippen molar-refractivity contribution in [3.8, 4) is 20.9 Å². The molecule has 6 heteroatoms. The molecule has 2 aromatic carbocycles. The zero-order valence-corrected chi connectivity index (χ0v) is 29.0. The number of benzene rings is 2. The second kappa shape index (κ2) is 12.2. The summed E-state index contributed by atoms with van der Waals surface area (Å²) in [5, 5.41) is 4.42. The van der Waals surface area contributed by atoms with E-state index in [1.165, 1.54) is 32.0 Å². The SMILES string of the molecule is CC1=Cc2c(-c3cccs3)cccc2[CH]1[Zr+2]([CH]1C(C(C)C)=Cc2c(-c3cccs3)cccc21)=[Si](C)C.[Cl-].[Cl-]. The maximum absolute atomic E-state index is 2.63. The van der Waals surface area contributed by atoms with Crippen molar-refractivity contribution in [1.29, 1.82) is 0 Å². The molecule has 0 saturated carbocycles. The molecule has 2 unspecified atom stereocenters. The van der Waals surface area contributed by atoms with Crippen molar-refractivity contribution >= 4 is 40.3 Å². The first-order valence-corrected chi connectivity index (χ1v) is 23.6. The Morgan fingerprint density at radius 2 is 1.24 bits per heavy atom. The van der Waals surface area contributed by atoms with Crippen molar-refractivity contribution in [2.45, 2.75) is 41.1 Å². The van der Waals surface area contributed by atoms with E-state index in [0.29, 0.717) is 13.2 Å². The summed E-state index contributed by atoms with van der Waals surface area (Å²) < 4.78 is 1.35. The van der Waals surface area contributed by atoms with Gasteiger partial charge in [0.15, 0.2) is 0 Å². The summed E-state index contributed by atoms with van der Waals surface area (Å²) in [7, 11) is 0. The summed E-state index contributed by atoms with van der Waals surface area (Å²) in [6.07, 6.45) is 5.17. The summed E-state index contributed by atoms with van der Waals surface area (Å²) in [5.41, 5.74) is 12.1. The molecule has 0 bridgehead atoms. The molecule has 4 aromatic rings. The fraction of sp³-hybridized carbons (Fsp3) is 0.250. The maximum Gasteiger partial charge on any atom is -1.00 e. The van der Waals surface area contributed by atoms with Crippen LogP contribution in [0, 0.1) is 5.92 Å². The molecule has 6 rings (SSSR count). The molecule has 0 spiro atoms. The number of halogens is 2. The summed E-state index contributed by atoms with van der Waals surface area (Å²) in [6.45, 7) is 12.5. The van der Waals surface area contributed by atoms with Crippen LogP contribution in [-0.4, -0.2) is 5.43 Å². The van der Waals surface area contributed by atoms with E-state index in [2.05, 4.69) is 117 Å². The molecule has 38 heavy (non-hydrogen) atoms. The third-order valence-corrected chi connectivity index (χ3v) is 29.2. The normalized spacial score (nSPS) is 17.0. The first-order valence-electron chi connectivity index (χ1n) is 12.9. The molecular weight excluding hydrogens is 639 g/mol. The third-order valence-electron chi connectivity index (χ3n) is 7.81. The molecular formula is C32H32Cl2S2SiZr. The Morgan fingerprint density at radius 1 is 0.711 bits per heavy atom. The molecule has 0 fully saturated rings. The minimum absolute atomic E-state index is 0. The molecule has 2 heterocycles. The summed E-state index contributed by atoms with van der Waals surface area (Å²) in [4.78, 5) is 2.80. The van der Waals surface area contributed by atoms with Gasteiger partial charge in [0.05, 0.1) is 0 Å². The van der Waals surface area contributed by atoms with Gasteiger partial charge < -0.3 is 24.8 Å². The Morgan fingerprint density at radius 3 is 1.71 bits per heavy atom. The van der Waals surface area contributed by atoms with Crippen LogP contribution in [0.3, 0.4) is 0 Å². The van der Waals surface area contributed by atoms with Gasteiger partial charge in [-0.2, -0.15) is 0 Å². The molecule has 0 amide bonds. The average molecular weight is 671 g/mol. The first kappa shape index (κ1) is 30.0. The first-order chi connectivity index (χ1) is 17.5. The Balaban J connectivity index is 0.00000168. The number of rotatable bonds is 5. The average Bonchev–Trinajstić information content (AvgIpc) is 3.66. The van der Waals surface area contributed by atoms with E-state index < -0.39 is 25.8 Å². The van der Waals surface area contributed by atoms with Gasteiger partial charge >= 0.3 is 233 Å². The number of thiophene rings is 2. The summed E-state index contributed by atoms with van der Waals surface area (Å²) in [5.74, 6) is 0.582. The number of hydrogen-bond acceptors (Lipinski definition) is 2. The Hall–Kier alpha value is -1.000. The van der Waals surface area contributed by atoms with Crippen molar-refractivity contribution < 1.29 is 45.2 Å². The van der Waals surface area contributed by atoms with Crippen LogP contribution in [0.25, 0.3) is 33.0 Å². The second-order valence-electron chi connectivity index (χ2n) is 10.6. The zero-order chi connectivity index (χ0) is 25.0. The van der Waals surface area contributed by atoms with Crippen molar-refractivity contribution in [2.75, 3.05) is 0 Å². The van der Waals surface area contributed by atoms with Gasteiger partial charge in [-0.3, -0.25) is 0 Å². The van der Waals surface area contributed by atoms with Crippen LogP contribution < -0.4 is 24.8 Å². The Bertz CT molecular complexity index is 1540. The molecule has 0 aliphatic heterocycles. The quantitative estimate of drug-likeness (QED) is 0.279. The van der Waals surface area contributed by atoms with Gasteiger partial charge in [0.2, 0.25) is 0 Å². The van der Waals surface area contributed by atoms with Gasteiger partial charge in [-0.25, -0.2) is 0 Å². The smallest absolute Gasteiger partial charge is 1.00 e. The van der Waals surface area contributed by atoms with Crippen LogP contribution >= 0.6 is 22.7 Å². The van der Waals surface area contributed by atoms with E-state index in [0.717, 1.165) is 0 Å². The van der Waals surface area contributed by atoms with Gasteiger partial charge in [-0.05, 0) is 0 Å². The van der Waals surface area contributed by atoms with Crippen LogP contribution in [0.1, 0.15) is 50.3 Å². The fourth-order valence-electron chi connectivity index (χ4n) is 6.27. The molecule has 0 nitrogen and oxygen atoms in total. The molecule has 0 N–H and O–H groups in total. The van der Waals surface area contributed by atoms with E-state index in [-0.39, 0.29) is 24.8 Å². The van der Waals surface area contributed by atoms with E-state index in [1.807, 2.05) is 22.7 Å². The minimum Gasteiger partial charge on any atom is -1.00 e. The zero-order valence-electron chi connectivity index (χ0n) is 22.4. The Kier molecular flexibility index (Phi) is 9.66. The molecule has 2 aromatic heterocycles. The maximum atomic E-state index is 2.63. The van der Waals surface area contributed by atoms with Crippen LogP contribution in [0.4, 0.5) is 0 Å². The van der Waals surface area contributed by atoms with Crippen LogP contribution in [0.5, 0.6) is 0 Å². The van der Waals surface area contributed by atoms with Crippen LogP contribution in [0.2, 0.25) is 13.1 Å². The predicted octanol–water partition coefficient (Wildman–Crippen LogP) is 4.27. The van der Waals surface area contributed by atoms with Gasteiger partial charge in [0.25, 0.3) is 0 Å². The minimum atomic E-state index is -2.07. The number of hydrogen-bond donors (Lipinski definition) is 0. The van der Waals surface area contributed by atoms with Gasteiger partial charge in [0.1, 0.15) is 0 Å². The molecule has 2 aliphatic carbocycles. The van der Waals surface area contributed by atoms with Crippen LogP contribution in [-0.2, 0) is 20.4 Å². The largest absolute Gasteiger partial charge is 1.00 e. The summed E-state index contributed by atoms with van der Waals surface area (Å²) >= 11 is 1.66. The van der Waals surface area contributed by atoms with E-state index in [4.69, 9.17) is 0 Å². The topological polar surface area (TPSA) is 0 Å². The molecule has 2 atom stereocenters. The standard InChI is InChI=1S/C16H15S.C14H11S.C2H6Si.2ClH.Zr/c1-11(2)13-9-12-5-3-6-14(15(12)10-13)16-7-4-8-17-16;1-10-8-11-4-2-5-12(13(11)9-10)14-6-3-7-15-14;1-3-2;;;/h3-11H,1-2H3;2-9H,1H3;1-2H3;2*1H;/q;;;;;+2/p-2. The molecule has 2 aliphatic rings. The number of allylic oxidation sites excluding steroid dienone is 2. The van der Waals surface area contributed by atoms with Crippen LogP contribution in [0.15, 0.2) is 82.6 Å². The predicted molar refractivity (Wildman–Crippen MR) is 159 cm³/mol. The van der Waals surface area contributed by atoms with Crippen molar-refractivity contribution in [3.05, 3.63) is 105 Å². The van der Waals surface area contributed by atoms with Crippen molar-refractivity contribution in [2.24, 2.45) is 5.92 Å². The third kappa shape index (κ3) is 5.11. The fourth-order valence-corrected chi connectivity index (χ4v) is 28.7. The van der Waals surface area contributed by atoms with Gasteiger partial charge in [-0.15, -0.1) is 0 Å². The Labute approximate surface area is 255 Å². The van der Waals surface area contributed by atoms with E-state index in [1.54, 1.807) is 22.3 Å². The van der Waals surface area contributed by atoms with Crippen molar-refractivity contribution in [3.63, 3.8) is 0 Å². The number of fused-ring (bicyclic) bond motifs is 2. The van der Waals surface area contributed by atoms with Gasteiger partial charge in [0, 0.05) is 0 Å². The molecule has 194 valence electrons. The summed E-state index contributed by atoms with van der Waals surface area (Å²) in [6, 6.07) is 23.2. The van der Waals surface area contributed by atoms with E-state index in [9.17, 15) is 0 Å². The van der Waals surface area contributed by atoms with Crippen molar-refractivity contribution in [1.82, 2.24) is 0 Å². The van der Waals surface area contributed by atoms with Gasteiger partial charge in [-0.1, -0.05) is 0 Å². The molecule has 0 radical (unpaired) electrons. The monoisotopic (exact) mass is 668 g/mol.